The summed E-state index contributed by atoms with van der Waals surface area (Å²) < 4.78 is 7.81. The molecule has 2 aromatic heterocycles. The molecule has 0 aliphatic rings. The second-order valence-electron chi connectivity index (χ2n) is 4.22. The fourth-order valence-electron chi connectivity index (χ4n) is 1.68. The molecular formula is C13H14N4OS2. The minimum Gasteiger partial charge on any atom is -0.494 e. The number of aromatic amines is 1. The van der Waals surface area contributed by atoms with Gasteiger partial charge in [-0.15, -0.1) is 16.4 Å². The maximum Gasteiger partial charge on any atom is 0.157 e. The normalized spacial score (nSPS) is 11.1. The van der Waals surface area contributed by atoms with Crippen LogP contribution in [0.5, 0.6) is 5.75 Å². The number of fused-ring (bicyclic) bond motifs is 1. The van der Waals surface area contributed by atoms with Gasteiger partial charge < -0.3 is 4.74 Å². The van der Waals surface area contributed by atoms with Gasteiger partial charge in [0.2, 0.25) is 0 Å². The Morgan fingerprint density at radius 1 is 1.40 bits per heavy atom. The topological polar surface area (TPSA) is 63.7 Å². The molecule has 1 N–H and O–H groups in total. The van der Waals surface area contributed by atoms with Crippen LogP contribution >= 0.6 is 23.1 Å². The van der Waals surface area contributed by atoms with Crippen LogP contribution in [0.1, 0.15) is 19.8 Å². The first-order chi connectivity index (χ1) is 9.85. The van der Waals surface area contributed by atoms with Crippen LogP contribution in [0.15, 0.2) is 33.8 Å². The third-order valence-electron chi connectivity index (χ3n) is 2.69. The van der Waals surface area contributed by atoms with E-state index in [1.807, 2.05) is 12.1 Å². The van der Waals surface area contributed by atoms with Crippen molar-refractivity contribution >= 4 is 33.3 Å². The summed E-state index contributed by atoms with van der Waals surface area (Å²) in [6, 6.07) is 6.05. The van der Waals surface area contributed by atoms with Crippen LogP contribution < -0.4 is 4.74 Å². The van der Waals surface area contributed by atoms with Gasteiger partial charge in [0.25, 0.3) is 0 Å². The SMILES string of the molecule is CCCCOc1ccc2sc(Sc3cn[nH]n3)nc2c1. The number of thiazole rings is 1. The third kappa shape index (κ3) is 3.10. The van der Waals surface area contributed by atoms with Gasteiger partial charge in [0.05, 0.1) is 23.0 Å². The smallest absolute Gasteiger partial charge is 0.157 e. The van der Waals surface area contributed by atoms with Gasteiger partial charge in [-0.25, -0.2) is 4.98 Å². The maximum atomic E-state index is 5.70. The van der Waals surface area contributed by atoms with Gasteiger partial charge in [0.1, 0.15) is 10.8 Å². The number of aromatic nitrogens is 4. The van der Waals surface area contributed by atoms with E-state index in [0.29, 0.717) is 0 Å². The van der Waals surface area contributed by atoms with Crippen LogP contribution in [0.4, 0.5) is 0 Å². The predicted octanol–water partition coefficient (Wildman–Crippen LogP) is 3.74. The summed E-state index contributed by atoms with van der Waals surface area (Å²) in [7, 11) is 0. The highest BCUT2D eigenvalue weighted by atomic mass is 32.2. The van der Waals surface area contributed by atoms with Gasteiger partial charge >= 0.3 is 0 Å². The van der Waals surface area contributed by atoms with Crippen molar-refractivity contribution in [2.24, 2.45) is 0 Å². The van der Waals surface area contributed by atoms with E-state index in [2.05, 4.69) is 33.4 Å². The van der Waals surface area contributed by atoms with Crippen molar-refractivity contribution in [2.45, 2.75) is 29.1 Å². The zero-order chi connectivity index (χ0) is 13.8. The Bertz CT molecular complexity index is 681. The molecule has 0 bridgehead atoms. The van der Waals surface area contributed by atoms with E-state index in [1.54, 1.807) is 17.5 Å². The summed E-state index contributed by atoms with van der Waals surface area (Å²) in [5.74, 6) is 0.884. The summed E-state index contributed by atoms with van der Waals surface area (Å²) in [5, 5.41) is 11.2. The molecule has 5 nitrogen and oxygen atoms in total. The molecule has 0 saturated heterocycles. The maximum absolute atomic E-state index is 5.70. The Labute approximate surface area is 124 Å². The number of hydrogen-bond acceptors (Lipinski definition) is 6. The van der Waals surface area contributed by atoms with Crippen LogP contribution in [0, 0.1) is 0 Å². The molecular weight excluding hydrogens is 292 g/mol. The molecule has 0 radical (unpaired) electrons. The van der Waals surface area contributed by atoms with Crippen LogP contribution in [-0.4, -0.2) is 27.0 Å². The molecule has 3 aromatic rings. The lowest BCUT2D eigenvalue weighted by atomic mass is 10.3. The van der Waals surface area contributed by atoms with Gasteiger partial charge in [-0.2, -0.15) is 10.3 Å². The fraction of sp³-hybridized carbons (Fsp3) is 0.308. The Balaban J connectivity index is 1.76. The van der Waals surface area contributed by atoms with Crippen LogP contribution in [0.3, 0.4) is 0 Å². The Morgan fingerprint density at radius 2 is 2.35 bits per heavy atom. The van der Waals surface area contributed by atoms with E-state index < -0.39 is 0 Å². The number of nitrogens with one attached hydrogen (secondary N) is 1. The number of H-pyrrole nitrogens is 1. The minimum absolute atomic E-state index is 0.757. The average Bonchev–Trinajstić information content (AvgIpc) is 3.08. The molecule has 1 aromatic carbocycles. The number of benzene rings is 1. The van der Waals surface area contributed by atoms with Crippen LogP contribution in [0.2, 0.25) is 0 Å². The third-order valence-corrected chi connectivity index (χ3v) is 4.69. The largest absolute Gasteiger partial charge is 0.494 e. The fourth-order valence-corrected chi connectivity index (χ4v) is 3.57. The van der Waals surface area contributed by atoms with E-state index in [4.69, 9.17) is 4.74 Å². The quantitative estimate of drug-likeness (QED) is 0.703. The van der Waals surface area contributed by atoms with Crippen molar-refractivity contribution < 1.29 is 4.74 Å². The van der Waals surface area contributed by atoms with Gasteiger partial charge in [-0.05, 0) is 30.3 Å². The molecule has 7 heteroatoms. The summed E-state index contributed by atoms with van der Waals surface area (Å²) in [4.78, 5) is 4.60. The van der Waals surface area contributed by atoms with Gasteiger partial charge in [-0.1, -0.05) is 13.3 Å². The number of rotatable bonds is 6. The standard InChI is InChI=1S/C13H14N4OS2/c1-2-3-6-18-9-4-5-11-10(7-9)15-13(19-11)20-12-8-14-17-16-12/h4-5,7-8H,2-3,6H2,1H3,(H,14,16,17). The van der Waals surface area contributed by atoms with Gasteiger partial charge in [0.15, 0.2) is 4.34 Å². The predicted molar refractivity (Wildman–Crippen MR) is 80.5 cm³/mol. The summed E-state index contributed by atoms with van der Waals surface area (Å²) >= 11 is 3.16. The second-order valence-corrected chi connectivity index (χ2v) is 6.52. The number of nitrogens with zero attached hydrogens (tertiary/aromatic N) is 3. The minimum atomic E-state index is 0.757. The van der Waals surface area contributed by atoms with Gasteiger partial charge in [-0.3, -0.25) is 0 Å². The first kappa shape index (κ1) is 13.4. The summed E-state index contributed by atoms with van der Waals surface area (Å²) in [6.45, 7) is 2.91. The highest BCUT2D eigenvalue weighted by molar-refractivity contribution is 8.01. The van der Waals surface area contributed by atoms with Gasteiger partial charge in [0, 0.05) is 6.07 Å². The first-order valence-electron chi connectivity index (χ1n) is 6.42. The van der Waals surface area contributed by atoms with E-state index in [1.165, 1.54) is 11.8 Å². The van der Waals surface area contributed by atoms with E-state index in [0.717, 1.165) is 44.8 Å². The molecule has 2 heterocycles. The van der Waals surface area contributed by atoms with E-state index in [-0.39, 0.29) is 0 Å². The van der Waals surface area contributed by atoms with E-state index in [9.17, 15) is 0 Å². The second kappa shape index (κ2) is 6.23. The Hall–Kier alpha value is -1.60. The van der Waals surface area contributed by atoms with Crippen molar-refractivity contribution in [2.75, 3.05) is 6.61 Å². The Kier molecular flexibility index (Phi) is 4.17. The highest BCUT2D eigenvalue weighted by Gasteiger charge is 2.08. The zero-order valence-electron chi connectivity index (χ0n) is 11.0. The summed E-state index contributed by atoms with van der Waals surface area (Å²) in [6.07, 6.45) is 3.90. The van der Waals surface area contributed by atoms with Crippen molar-refractivity contribution in [3.05, 3.63) is 24.4 Å². The molecule has 0 atom stereocenters. The average molecular weight is 306 g/mol. The van der Waals surface area contributed by atoms with Crippen LogP contribution in [0.25, 0.3) is 10.2 Å². The lowest BCUT2D eigenvalue weighted by Crippen LogP contribution is -1.95. The number of ether oxygens (including phenoxy) is 1. The molecule has 0 saturated carbocycles. The van der Waals surface area contributed by atoms with Crippen molar-refractivity contribution in [1.29, 1.82) is 0 Å². The number of unbranched alkanes of at least 4 members (excludes halogenated alkanes) is 1. The monoisotopic (exact) mass is 306 g/mol. The highest BCUT2D eigenvalue weighted by Crippen LogP contribution is 2.34. The van der Waals surface area contributed by atoms with Crippen molar-refractivity contribution in [1.82, 2.24) is 20.4 Å². The molecule has 3 rings (SSSR count). The first-order valence-corrected chi connectivity index (χ1v) is 8.05. The van der Waals surface area contributed by atoms with Crippen LogP contribution in [-0.2, 0) is 0 Å². The molecule has 0 spiro atoms. The van der Waals surface area contributed by atoms with E-state index >= 15 is 0 Å². The van der Waals surface area contributed by atoms with Crippen molar-refractivity contribution in [3.63, 3.8) is 0 Å². The molecule has 0 fully saturated rings. The Morgan fingerprint density at radius 3 is 3.15 bits per heavy atom. The number of hydrogen-bond donors (Lipinski definition) is 1. The summed E-state index contributed by atoms with van der Waals surface area (Å²) in [5.41, 5.74) is 0.968. The lowest BCUT2D eigenvalue weighted by molar-refractivity contribution is 0.310. The lowest BCUT2D eigenvalue weighted by Gasteiger charge is -2.04. The molecule has 0 unspecified atom stereocenters. The zero-order valence-corrected chi connectivity index (χ0v) is 12.6. The molecule has 104 valence electrons. The molecule has 0 aliphatic heterocycles. The van der Waals surface area contributed by atoms with Crippen molar-refractivity contribution in [3.8, 4) is 5.75 Å². The molecule has 0 aliphatic carbocycles. The molecule has 20 heavy (non-hydrogen) atoms. The molecule has 0 amide bonds.